The molecule has 3 aliphatic rings. The van der Waals surface area contributed by atoms with Gasteiger partial charge in [-0.25, -0.2) is 9.78 Å². The Bertz CT molecular complexity index is 1990. The molecule has 3 aliphatic carbocycles. The van der Waals surface area contributed by atoms with Gasteiger partial charge in [0.25, 0.3) is 0 Å². The smallest absolute Gasteiger partial charge is 0.433 e. The van der Waals surface area contributed by atoms with Crippen molar-refractivity contribution in [3.05, 3.63) is 106 Å². The van der Waals surface area contributed by atoms with E-state index in [1.807, 2.05) is 0 Å². The minimum atomic E-state index is -5.15. The second-order valence-corrected chi connectivity index (χ2v) is 12.4. The quantitative estimate of drug-likeness (QED) is 0.204. The number of allylic oxidation sites excluding steroid dienone is 4. The number of aryl methyl sites for hydroxylation is 1. The van der Waals surface area contributed by atoms with Gasteiger partial charge in [-0.15, -0.1) is 0 Å². The van der Waals surface area contributed by atoms with Crippen LogP contribution in [0.15, 0.2) is 83.5 Å². The third-order valence-corrected chi connectivity index (χ3v) is 9.38. The first-order valence-corrected chi connectivity index (χ1v) is 15.1. The number of carbonyl (C=O) groups is 1. The zero-order chi connectivity index (χ0) is 36.6. The van der Waals surface area contributed by atoms with Crippen LogP contribution < -0.4 is 10.1 Å². The van der Waals surface area contributed by atoms with Crippen LogP contribution in [0.1, 0.15) is 40.2 Å². The molecule has 0 saturated heterocycles. The Morgan fingerprint density at radius 2 is 1.54 bits per heavy atom. The molecule has 3 N–H and O–H groups in total. The number of hydrogen-bond acceptors (Lipinski definition) is 5. The highest BCUT2D eigenvalue weighted by atomic mass is 19.4. The van der Waals surface area contributed by atoms with E-state index in [-0.39, 0.29) is 47.1 Å². The molecule has 264 valence electrons. The predicted molar refractivity (Wildman–Crippen MR) is 162 cm³/mol. The molecule has 0 aliphatic heterocycles. The fourth-order valence-electron chi connectivity index (χ4n) is 6.61. The summed E-state index contributed by atoms with van der Waals surface area (Å²) >= 11 is 0. The van der Waals surface area contributed by atoms with E-state index in [1.165, 1.54) is 25.3 Å². The lowest BCUT2D eigenvalue weighted by molar-refractivity contribution is -0.141. The summed E-state index contributed by atoms with van der Waals surface area (Å²) in [5.41, 5.74) is -6.22. The van der Waals surface area contributed by atoms with E-state index in [2.05, 4.69) is 10.3 Å². The van der Waals surface area contributed by atoms with E-state index >= 15 is 0 Å². The molecule has 50 heavy (non-hydrogen) atoms. The number of halogens is 9. The minimum absolute atomic E-state index is 0.0189. The number of carboxylic acids is 1. The average Bonchev–Trinajstić information content (AvgIpc) is 3.94. The molecule has 15 heteroatoms. The van der Waals surface area contributed by atoms with Crippen LogP contribution in [0, 0.1) is 12.8 Å². The maximum atomic E-state index is 13.9. The van der Waals surface area contributed by atoms with Crippen molar-refractivity contribution in [1.82, 2.24) is 10.3 Å². The number of methoxy groups -OCH3 is 1. The second kappa shape index (κ2) is 11.7. The molecule has 6 nitrogen and oxygen atoms in total. The van der Waals surface area contributed by atoms with Gasteiger partial charge in [0.05, 0.1) is 35.1 Å². The highest BCUT2D eigenvalue weighted by Gasteiger charge is 2.74. The van der Waals surface area contributed by atoms with E-state index < -0.39 is 64.9 Å². The summed E-state index contributed by atoms with van der Waals surface area (Å²) in [7, 11) is 1.34. The molecule has 1 unspecified atom stereocenters. The van der Waals surface area contributed by atoms with Gasteiger partial charge < -0.3 is 20.3 Å². The Labute approximate surface area is 278 Å². The summed E-state index contributed by atoms with van der Waals surface area (Å²) in [5, 5.41) is 23.9. The first kappa shape index (κ1) is 35.2. The number of aliphatic hydroxyl groups is 1. The van der Waals surface area contributed by atoms with Crippen LogP contribution in [0.2, 0.25) is 0 Å². The summed E-state index contributed by atoms with van der Waals surface area (Å²) < 4.78 is 129. The molecule has 3 aromatic rings. The fourth-order valence-corrected chi connectivity index (χ4v) is 6.61. The second-order valence-electron chi connectivity index (χ2n) is 12.4. The number of fused-ring (bicyclic) bond motifs is 1. The number of nitrogens with zero attached hydrogens (tertiary/aromatic N) is 1. The lowest BCUT2D eigenvalue weighted by atomic mass is 9.93. The number of ether oxygens (including phenoxy) is 1. The summed E-state index contributed by atoms with van der Waals surface area (Å²) in [6, 6.07) is 11.2. The standard InChI is InChI=1S/C35H27F9N2O4/c1-17-11-19(30(47)48)3-5-22(17)18-4-7-28(50-2)24(12-18)23-6-8-29(35(42,43)44)46-27(23)16-45-31(9-10-31)32(49)25-14-20(33(36,37)38)13-21(15-26(25)32)34(39,40)41/h3-8,11-15,25,45,49H,9-10,16H2,1-2H3,(H,47,48)/t25?,32-/m1/s1. The molecule has 0 radical (unpaired) electrons. The van der Waals surface area contributed by atoms with Gasteiger partial charge in [-0.05, 0) is 84.5 Å². The van der Waals surface area contributed by atoms with Crippen molar-refractivity contribution in [3.8, 4) is 28.0 Å². The van der Waals surface area contributed by atoms with Crippen molar-refractivity contribution in [1.29, 1.82) is 0 Å². The molecule has 0 spiro atoms. The predicted octanol–water partition coefficient (Wildman–Crippen LogP) is 8.35. The zero-order valence-electron chi connectivity index (χ0n) is 26.1. The van der Waals surface area contributed by atoms with Crippen LogP contribution in [0.5, 0.6) is 5.75 Å². The van der Waals surface area contributed by atoms with E-state index in [0.29, 0.717) is 34.4 Å². The largest absolute Gasteiger partial charge is 0.496 e. The van der Waals surface area contributed by atoms with Gasteiger partial charge in [0.2, 0.25) is 0 Å². The lowest BCUT2D eigenvalue weighted by Gasteiger charge is -2.26. The van der Waals surface area contributed by atoms with Gasteiger partial charge in [0.1, 0.15) is 17.0 Å². The molecular weight excluding hydrogens is 683 g/mol. The van der Waals surface area contributed by atoms with Crippen LogP contribution in [0.4, 0.5) is 39.5 Å². The van der Waals surface area contributed by atoms with Crippen LogP contribution in [-0.4, -0.2) is 51.8 Å². The molecule has 2 saturated carbocycles. The van der Waals surface area contributed by atoms with Crippen molar-refractivity contribution in [2.24, 2.45) is 5.92 Å². The van der Waals surface area contributed by atoms with E-state index in [1.54, 1.807) is 31.2 Å². The Morgan fingerprint density at radius 3 is 2.10 bits per heavy atom. The number of nitrogens with one attached hydrogen (secondary N) is 1. The monoisotopic (exact) mass is 710 g/mol. The molecule has 2 fully saturated rings. The van der Waals surface area contributed by atoms with E-state index in [4.69, 9.17) is 4.74 Å². The molecule has 0 bridgehead atoms. The van der Waals surface area contributed by atoms with Gasteiger partial charge in [0, 0.05) is 23.6 Å². The van der Waals surface area contributed by atoms with Crippen molar-refractivity contribution in [2.75, 3.05) is 7.11 Å². The van der Waals surface area contributed by atoms with Crippen LogP contribution in [0.3, 0.4) is 0 Å². The van der Waals surface area contributed by atoms with E-state index in [9.17, 15) is 54.5 Å². The average molecular weight is 711 g/mol. The Balaban J connectivity index is 1.39. The van der Waals surface area contributed by atoms with Gasteiger partial charge >= 0.3 is 24.5 Å². The van der Waals surface area contributed by atoms with Crippen molar-refractivity contribution >= 4 is 5.97 Å². The number of hydrogen-bond donors (Lipinski definition) is 3. The molecule has 6 rings (SSSR count). The third kappa shape index (κ3) is 6.17. The molecule has 1 heterocycles. The number of aromatic carboxylic acids is 1. The Kier molecular flexibility index (Phi) is 8.26. The molecule has 1 aromatic heterocycles. The minimum Gasteiger partial charge on any atom is -0.496 e. The number of rotatable bonds is 8. The molecule has 0 amide bonds. The Hall–Kier alpha value is -4.63. The number of carboxylic acid groups (broad SMARTS) is 1. The SMILES string of the molecule is COc1ccc(-c2ccc(C(=O)O)cc2C)cc1-c1ccc(C(F)(F)F)nc1CNC1([C@]2(O)C3=CC(C(F)(F)F)=CC(C(F)(F)F)=CC32)CC1. The van der Waals surface area contributed by atoms with Crippen LogP contribution >= 0.6 is 0 Å². The zero-order valence-corrected chi connectivity index (χ0v) is 26.1. The highest BCUT2D eigenvalue weighted by molar-refractivity contribution is 5.89. The van der Waals surface area contributed by atoms with E-state index in [0.717, 1.165) is 6.07 Å². The number of alkyl halides is 9. The van der Waals surface area contributed by atoms with Crippen molar-refractivity contribution in [3.63, 3.8) is 0 Å². The van der Waals surface area contributed by atoms with Crippen molar-refractivity contribution in [2.45, 2.75) is 56.0 Å². The normalized spacial score (nSPS) is 21.4. The van der Waals surface area contributed by atoms with Crippen LogP contribution in [-0.2, 0) is 12.7 Å². The molecule has 2 aromatic carbocycles. The highest BCUT2D eigenvalue weighted by Crippen LogP contribution is 2.67. The molecular formula is C35H27F9N2O4. The summed E-state index contributed by atoms with van der Waals surface area (Å²) in [6.07, 6.45) is -13.9. The number of aromatic nitrogens is 1. The number of pyridine rings is 1. The van der Waals surface area contributed by atoms with Gasteiger partial charge in [0.15, 0.2) is 0 Å². The summed E-state index contributed by atoms with van der Waals surface area (Å²) in [5.74, 6) is -2.32. The maximum absolute atomic E-state index is 13.9. The van der Waals surface area contributed by atoms with Gasteiger partial charge in [-0.1, -0.05) is 24.3 Å². The Morgan fingerprint density at radius 1 is 0.880 bits per heavy atom. The lowest BCUT2D eigenvalue weighted by Crippen LogP contribution is -2.45. The van der Waals surface area contributed by atoms with Gasteiger partial charge in [-0.3, -0.25) is 0 Å². The molecule has 2 atom stereocenters. The number of benzene rings is 2. The van der Waals surface area contributed by atoms with Gasteiger partial charge in [-0.2, -0.15) is 39.5 Å². The summed E-state index contributed by atoms with van der Waals surface area (Å²) in [4.78, 5) is 15.3. The maximum Gasteiger partial charge on any atom is 0.433 e. The summed E-state index contributed by atoms with van der Waals surface area (Å²) in [6.45, 7) is 1.23. The first-order valence-electron chi connectivity index (χ1n) is 15.1. The third-order valence-electron chi connectivity index (χ3n) is 9.38. The fraction of sp³-hybridized carbons (Fsp3) is 0.314. The van der Waals surface area contributed by atoms with Crippen molar-refractivity contribution < 1.29 is 59.3 Å². The topological polar surface area (TPSA) is 91.7 Å². The van der Waals surface area contributed by atoms with Crippen LogP contribution in [0.25, 0.3) is 22.3 Å². The first-order chi connectivity index (χ1) is 23.2.